The molecule has 0 aliphatic heterocycles. The Balaban J connectivity index is 2.15. The molecule has 5 nitrogen and oxygen atoms in total. The van der Waals surface area contributed by atoms with Gasteiger partial charge in [-0.15, -0.1) is 11.3 Å². The molecule has 3 aromatic rings. The molecule has 2 aromatic carbocycles. The van der Waals surface area contributed by atoms with Gasteiger partial charge in [-0.25, -0.2) is 0 Å². The largest absolute Gasteiger partial charge is 0.355 e. The van der Waals surface area contributed by atoms with E-state index < -0.39 is 0 Å². The third-order valence-corrected chi connectivity index (χ3v) is 5.68. The van der Waals surface area contributed by atoms with Gasteiger partial charge in [0.1, 0.15) is 11.2 Å². The van der Waals surface area contributed by atoms with Gasteiger partial charge in [0.05, 0.1) is 4.53 Å². The Labute approximate surface area is 179 Å². The highest BCUT2D eigenvalue weighted by Crippen LogP contribution is 2.08. The SMILES string of the molecule is CCNC(=O)Cn1c(=CC(=O)c2ccccc2C)sc(=Cc2cccc(C)c2)c1=O. The minimum absolute atomic E-state index is 0.127. The van der Waals surface area contributed by atoms with Gasteiger partial charge in [-0.1, -0.05) is 54.1 Å². The van der Waals surface area contributed by atoms with E-state index in [2.05, 4.69) is 5.32 Å². The first-order chi connectivity index (χ1) is 14.4. The molecule has 0 bridgehead atoms. The summed E-state index contributed by atoms with van der Waals surface area (Å²) in [4.78, 5) is 38.0. The molecule has 0 radical (unpaired) electrons. The molecule has 30 heavy (non-hydrogen) atoms. The predicted octanol–water partition coefficient (Wildman–Crippen LogP) is 2.15. The average Bonchev–Trinajstić information content (AvgIpc) is 2.97. The van der Waals surface area contributed by atoms with E-state index in [1.165, 1.54) is 22.0 Å². The first-order valence-corrected chi connectivity index (χ1v) is 10.6. The van der Waals surface area contributed by atoms with E-state index >= 15 is 0 Å². The van der Waals surface area contributed by atoms with Gasteiger partial charge in [0.15, 0.2) is 5.78 Å². The zero-order valence-corrected chi connectivity index (χ0v) is 18.1. The van der Waals surface area contributed by atoms with Crippen molar-refractivity contribution < 1.29 is 9.59 Å². The van der Waals surface area contributed by atoms with E-state index in [9.17, 15) is 14.4 Å². The van der Waals surface area contributed by atoms with Gasteiger partial charge in [0.2, 0.25) is 5.91 Å². The standard InChI is InChI=1S/C24H24N2O3S/c1-4-25-22(28)15-26-23(14-20(27)19-11-6-5-9-17(19)3)30-21(24(26)29)13-18-10-7-8-16(2)12-18/h5-14H,4,15H2,1-3H3,(H,25,28). The van der Waals surface area contributed by atoms with Crippen LogP contribution in [-0.4, -0.2) is 22.8 Å². The van der Waals surface area contributed by atoms with Gasteiger partial charge in [-0.05, 0) is 38.0 Å². The number of Topliss-reactive ketones (excluding diaryl/α,β-unsaturated/α-hetero) is 1. The van der Waals surface area contributed by atoms with E-state index in [1.54, 1.807) is 18.2 Å². The fourth-order valence-electron chi connectivity index (χ4n) is 3.14. The van der Waals surface area contributed by atoms with E-state index in [-0.39, 0.29) is 23.8 Å². The highest BCUT2D eigenvalue weighted by molar-refractivity contribution is 7.07. The van der Waals surface area contributed by atoms with Gasteiger partial charge in [-0.2, -0.15) is 0 Å². The minimum atomic E-state index is -0.281. The fourth-order valence-corrected chi connectivity index (χ4v) is 4.18. The van der Waals surface area contributed by atoms with Gasteiger partial charge in [0.25, 0.3) is 5.56 Å². The zero-order chi connectivity index (χ0) is 21.7. The quantitative estimate of drug-likeness (QED) is 0.622. The van der Waals surface area contributed by atoms with Crippen LogP contribution < -0.4 is 20.1 Å². The maximum atomic E-state index is 13.0. The molecular weight excluding hydrogens is 396 g/mol. The summed E-state index contributed by atoms with van der Waals surface area (Å²) in [6.45, 7) is 6.02. The van der Waals surface area contributed by atoms with Crippen molar-refractivity contribution in [1.82, 2.24) is 9.88 Å². The summed E-state index contributed by atoms with van der Waals surface area (Å²) in [7, 11) is 0. The van der Waals surface area contributed by atoms with Crippen LogP contribution in [0.5, 0.6) is 0 Å². The Bertz CT molecular complexity index is 1270. The molecule has 0 saturated carbocycles. The average molecular weight is 421 g/mol. The lowest BCUT2D eigenvalue weighted by Gasteiger charge is -2.03. The van der Waals surface area contributed by atoms with Crippen LogP contribution in [0.1, 0.15) is 34.0 Å². The van der Waals surface area contributed by atoms with Crippen molar-refractivity contribution in [3.8, 4) is 0 Å². The van der Waals surface area contributed by atoms with Crippen molar-refractivity contribution in [3.05, 3.63) is 90.3 Å². The molecule has 0 fully saturated rings. The third kappa shape index (κ3) is 5.02. The Hall–Kier alpha value is -3.25. The van der Waals surface area contributed by atoms with E-state index in [4.69, 9.17) is 0 Å². The second kappa shape index (κ2) is 9.50. The van der Waals surface area contributed by atoms with Crippen molar-refractivity contribution in [2.75, 3.05) is 6.54 Å². The topological polar surface area (TPSA) is 68.2 Å². The van der Waals surface area contributed by atoms with Crippen LogP contribution in [0.3, 0.4) is 0 Å². The molecule has 154 valence electrons. The number of nitrogens with one attached hydrogen (secondary N) is 1. The maximum Gasteiger partial charge on any atom is 0.269 e. The van der Waals surface area contributed by atoms with Crippen LogP contribution in [0, 0.1) is 13.8 Å². The van der Waals surface area contributed by atoms with Crippen LogP contribution in [0.15, 0.2) is 53.3 Å². The Morgan fingerprint density at radius 3 is 2.57 bits per heavy atom. The molecule has 0 unspecified atom stereocenters. The van der Waals surface area contributed by atoms with Crippen LogP contribution in [0.2, 0.25) is 0 Å². The van der Waals surface area contributed by atoms with Crippen LogP contribution in [0.25, 0.3) is 12.2 Å². The van der Waals surface area contributed by atoms with Crippen LogP contribution in [0.4, 0.5) is 0 Å². The molecule has 0 saturated heterocycles. The molecule has 3 rings (SSSR count). The number of ketones is 1. The number of carbonyl (C=O) groups is 2. The summed E-state index contributed by atoms with van der Waals surface area (Å²) in [5, 5.41) is 2.71. The van der Waals surface area contributed by atoms with Gasteiger partial charge in [-0.3, -0.25) is 19.0 Å². The molecule has 1 amide bonds. The number of hydrogen-bond donors (Lipinski definition) is 1. The number of aromatic nitrogens is 1. The van der Waals surface area contributed by atoms with E-state index in [0.717, 1.165) is 16.7 Å². The second-order valence-electron chi connectivity index (χ2n) is 7.03. The van der Waals surface area contributed by atoms with E-state index in [1.807, 2.05) is 57.2 Å². The smallest absolute Gasteiger partial charge is 0.269 e. The Morgan fingerprint density at radius 2 is 1.87 bits per heavy atom. The molecule has 0 atom stereocenters. The molecule has 6 heteroatoms. The normalized spacial score (nSPS) is 12.2. The number of thiazole rings is 1. The summed E-state index contributed by atoms with van der Waals surface area (Å²) >= 11 is 1.21. The molecule has 0 aliphatic carbocycles. The Morgan fingerprint density at radius 1 is 1.10 bits per heavy atom. The van der Waals surface area contributed by atoms with Gasteiger partial charge < -0.3 is 5.32 Å². The zero-order valence-electron chi connectivity index (χ0n) is 17.3. The fraction of sp³-hybridized carbons (Fsp3) is 0.208. The molecule has 1 aromatic heterocycles. The Kier molecular flexibility index (Phi) is 6.79. The molecule has 1 N–H and O–H groups in total. The maximum absolute atomic E-state index is 13.0. The molecule has 0 aliphatic rings. The first kappa shape index (κ1) is 21.5. The van der Waals surface area contributed by atoms with Crippen molar-refractivity contribution in [2.45, 2.75) is 27.3 Å². The summed E-state index contributed by atoms with van der Waals surface area (Å²) < 4.78 is 2.31. The first-order valence-electron chi connectivity index (χ1n) is 9.75. The van der Waals surface area contributed by atoms with Crippen molar-refractivity contribution in [3.63, 3.8) is 0 Å². The second-order valence-corrected chi connectivity index (χ2v) is 8.09. The molecule has 1 heterocycles. The van der Waals surface area contributed by atoms with Crippen LogP contribution in [-0.2, 0) is 11.3 Å². The van der Waals surface area contributed by atoms with Gasteiger partial charge >= 0.3 is 0 Å². The van der Waals surface area contributed by atoms with Crippen molar-refractivity contribution >= 4 is 35.2 Å². The summed E-state index contributed by atoms with van der Waals surface area (Å²) in [5.74, 6) is -0.460. The lowest BCUT2D eigenvalue weighted by Crippen LogP contribution is -2.38. The number of likely N-dealkylation sites (N-methyl/N-ethyl adjacent to an activating group) is 1. The summed E-state index contributed by atoms with van der Waals surface area (Å²) in [6, 6.07) is 15.1. The number of carbonyl (C=O) groups excluding carboxylic acids is 2. The number of nitrogens with zero attached hydrogens (tertiary/aromatic N) is 1. The molecule has 0 spiro atoms. The monoisotopic (exact) mass is 420 g/mol. The van der Waals surface area contributed by atoms with Crippen molar-refractivity contribution in [1.29, 1.82) is 0 Å². The number of benzene rings is 2. The number of aryl methyl sites for hydroxylation is 2. The highest BCUT2D eigenvalue weighted by atomic mass is 32.1. The molecular formula is C24H24N2O3S. The highest BCUT2D eigenvalue weighted by Gasteiger charge is 2.12. The van der Waals surface area contributed by atoms with E-state index in [0.29, 0.717) is 21.3 Å². The number of amides is 1. The van der Waals surface area contributed by atoms with Gasteiger partial charge in [0, 0.05) is 18.2 Å². The lowest BCUT2D eigenvalue weighted by molar-refractivity contribution is -0.121. The minimum Gasteiger partial charge on any atom is -0.355 e. The lowest BCUT2D eigenvalue weighted by atomic mass is 10.1. The van der Waals surface area contributed by atoms with Crippen LogP contribution >= 0.6 is 11.3 Å². The third-order valence-electron chi connectivity index (χ3n) is 4.62. The number of rotatable bonds is 6. The summed E-state index contributed by atoms with van der Waals surface area (Å²) in [6.07, 6.45) is 3.24. The number of hydrogen-bond acceptors (Lipinski definition) is 4. The van der Waals surface area contributed by atoms with Crippen molar-refractivity contribution in [2.24, 2.45) is 0 Å². The predicted molar refractivity (Wildman–Crippen MR) is 121 cm³/mol. The summed E-state index contributed by atoms with van der Waals surface area (Å²) in [5.41, 5.74) is 3.14.